The molecule has 6 rings (SSSR count). The van der Waals surface area contributed by atoms with Crippen LogP contribution in [-0.4, -0.2) is 34.6 Å². The molecule has 1 fully saturated rings. The Morgan fingerprint density at radius 3 is 2.61 bits per heavy atom. The molecule has 0 aliphatic carbocycles. The van der Waals surface area contributed by atoms with Gasteiger partial charge in [0.25, 0.3) is 0 Å². The molecular weight excluding hydrogens is 389 g/mol. The van der Waals surface area contributed by atoms with Gasteiger partial charge >= 0.3 is 0 Å². The van der Waals surface area contributed by atoms with E-state index >= 15 is 0 Å². The molecule has 154 valence electrons. The first kappa shape index (κ1) is 18.4. The lowest BCUT2D eigenvalue weighted by atomic mass is 9.75. The summed E-state index contributed by atoms with van der Waals surface area (Å²) in [6, 6.07) is 19.3. The van der Waals surface area contributed by atoms with Crippen LogP contribution < -0.4 is 10.2 Å². The number of fused-ring (bicyclic) bond motifs is 3. The van der Waals surface area contributed by atoms with E-state index in [1.807, 2.05) is 36.4 Å². The zero-order chi connectivity index (χ0) is 20.8. The van der Waals surface area contributed by atoms with Gasteiger partial charge in [0.15, 0.2) is 5.82 Å². The zero-order valence-corrected chi connectivity index (χ0v) is 17.1. The van der Waals surface area contributed by atoms with Crippen molar-refractivity contribution in [2.75, 3.05) is 24.5 Å². The fourth-order valence-corrected chi connectivity index (χ4v) is 5.06. The minimum atomic E-state index is -0.185. The molecule has 0 bridgehead atoms. The fourth-order valence-electron chi connectivity index (χ4n) is 5.06. The van der Waals surface area contributed by atoms with Crippen molar-refractivity contribution in [3.8, 4) is 11.3 Å². The largest absolute Gasteiger partial charge is 0.323 e. The molecule has 6 heteroatoms. The van der Waals surface area contributed by atoms with Crippen LogP contribution in [0.3, 0.4) is 0 Å². The van der Waals surface area contributed by atoms with Gasteiger partial charge in [-0.2, -0.15) is 0 Å². The van der Waals surface area contributed by atoms with Crippen LogP contribution in [0.2, 0.25) is 0 Å². The Hall–Kier alpha value is -3.38. The maximum Gasteiger partial charge on any atom is 0.163 e. The highest BCUT2D eigenvalue weighted by Crippen LogP contribution is 2.49. The van der Waals surface area contributed by atoms with Crippen molar-refractivity contribution in [1.82, 2.24) is 20.3 Å². The number of anilines is 2. The van der Waals surface area contributed by atoms with E-state index in [-0.39, 0.29) is 11.2 Å². The van der Waals surface area contributed by atoms with Crippen LogP contribution >= 0.6 is 0 Å². The number of nitrogens with zero attached hydrogens (tertiary/aromatic N) is 4. The van der Waals surface area contributed by atoms with Gasteiger partial charge in [0.2, 0.25) is 0 Å². The lowest BCUT2D eigenvalue weighted by Crippen LogP contribution is -2.42. The maximum atomic E-state index is 14.3. The lowest BCUT2D eigenvalue weighted by Gasteiger charge is -2.34. The van der Waals surface area contributed by atoms with Crippen molar-refractivity contribution >= 4 is 22.5 Å². The Kier molecular flexibility index (Phi) is 4.21. The third kappa shape index (κ3) is 2.98. The van der Waals surface area contributed by atoms with E-state index in [2.05, 4.69) is 32.3 Å². The average molecular weight is 411 g/mol. The zero-order valence-electron chi connectivity index (χ0n) is 17.1. The Morgan fingerprint density at radius 1 is 0.935 bits per heavy atom. The molecule has 5 nitrogen and oxygen atoms in total. The van der Waals surface area contributed by atoms with Crippen molar-refractivity contribution in [2.24, 2.45) is 0 Å². The third-order valence-corrected chi connectivity index (χ3v) is 6.63. The molecular formula is C25H22FN5. The Balaban J connectivity index is 1.52. The molecule has 1 saturated heterocycles. The molecule has 0 radical (unpaired) electrons. The van der Waals surface area contributed by atoms with Crippen molar-refractivity contribution < 1.29 is 4.39 Å². The van der Waals surface area contributed by atoms with E-state index in [1.165, 1.54) is 6.07 Å². The molecule has 2 aliphatic heterocycles. The molecule has 0 saturated carbocycles. The van der Waals surface area contributed by atoms with Crippen LogP contribution in [0.25, 0.3) is 22.3 Å². The van der Waals surface area contributed by atoms with Crippen molar-refractivity contribution in [2.45, 2.75) is 18.3 Å². The van der Waals surface area contributed by atoms with Crippen molar-refractivity contribution in [3.05, 3.63) is 78.4 Å². The van der Waals surface area contributed by atoms with Gasteiger partial charge in [0, 0.05) is 23.2 Å². The van der Waals surface area contributed by atoms with E-state index in [0.717, 1.165) is 71.8 Å². The van der Waals surface area contributed by atoms with Crippen LogP contribution in [0.15, 0.2) is 67.0 Å². The molecule has 0 amide bonds. The highest BCUT2D eigenvalue weighted by molar-refractivity contribution is 5.91. The quantitative estimate of drug-likeness (QED) is 0.522. The summed E-state index contributed by atoms with van der Waals surface area (Å²) < 4.78 is 14.3. The summed E-state index contributed by atoms with van der Waals surface area (Å²) in [7, 11) is 0. The molecule has 2 aliphatic rings. The van der Waals surface area contributed by atoms with Crippen molar-refractivity contribution in [3.63, 3.8) is 0 Å². The van der Waals surface area contributed by atoms with Crippen LogP contribution in [0.1, 0.15) is 18.4 Å². The number of pyridine rings is 1. The smallest absolute Gasteiger partial charge is 0.163 e. The first-order valence-electron chi connectivity index (χ1n) is 10.7. The second-order valence-electron chi connectivity index (χ2n) is 8.41. The second-order valence-corrected chi connectivity index (χ2v) is 8.41. The molecule has 4 heterocycles. The normalized spacial score (nSPS) is 17.3. The Labute approximate surface area is 180 Å². The molecule has 2 aromatic heterocycles. The van der Waals surface area contributed by atoms with Gasteiger partial charge in [-0.1, -0.05) is 30.3 Å². The number of nitrogens with one attached hydrogen (secondary N) is 1. The predicted molar refractivity (Wildman–Crippen MR) is 120 cm³/mol. The maximum absolute atomic E-state index is 14.3. The SMILES string of the molecule is Fc1ccc2c(c1)C1(CCNCC1)CN2c1ncnc2ccc(-c3ccccc3)nc12. The highest BCUT2D eigenvalue weighted by atomic mass is 19.1. The van der Waals surface area contributed by atoms with Gasteiger partial charge in [0.05, 0.1) is 11.2 Å². The molecule has 0 unspecified atom stereocenters. The van der Waals surface area contributed by atoms with Crippen LogP contribution in [-0.2, 0) is 5.41 Å². The van der Waals surface area contributed by atoms with Crippen LogP contribution in [0.4, 0.5) is 15.9 Å². The van der Waals surface area contributed by atoms with Gasteiger partial charge < -0.3 is 10.2 Å². The molecule has 1 spiro atoms. The third-order valence-electron chi connectivity index (χ3n) is 6.63. The van der Waals surface area contributed by atoms with E-state index in [4.69, 9.17) is 4.98 Å². The van der Waals surface area contributed by atoms with Crippen molar-refractivity contribution in [1.29, 1.82) is 0 Å². The average Bonchev–Trinajstić information content (AvgIpc) is 3.12. The standard InChI is InChI=1S/C25H22FN5/c26-18-6-9-22-19(14-18)25(10-12-27-13-11-25)15-31(22)24-23-21(28-16-29-24)8-7-20(30-23)17-4-2-1-3-5-17/h1-9,14,16,27H,10-13,15H2. The summed E-state index contributed by atoms with van der Waals surface area (Å²) >= 11 is 0. The van der Waals surface area contributed by atoms with E-state index in [1.54, 1.807) is 12.4 Å². The molecule has 31 heavy (non-hydrogen) atoms. The Bertz CT molecular complexity index is 1270. The number of piperidine rings is 1. The number of hydrogen-bond acceptors (Lipinski definition) is 5. The molecule has 1 N–H and O–H groups in total. The number of rotatable bonds is 2. The van der Waals surface area contributed by atoms with E-state index < -0.39 is 0 Å². The molecule has 4 aromatic rings. The monoisotopic (exact) mass is 411 g/mol. The lowest BCUT2D eigenvalue weighted by molar-refractivity contribution is 0.328. The predicted octanol–water partition coefficient (Wildman–Crippen LogP) is 4.60. The van der Waals surface area contributed by atoms with E-state index in [0.29, 0.717) is 0 Å². The Morgan fingerprint density at radius 2 is 1.77 bits per heavy atom. The number of hydrogen-bond donors (Lipinski definition) is 1. The number of halogens is 1. The first-order valence-corrected chi connectivity index (χ1v) is 10.7. The summed E-state index contributed by atoms with van der Waals surface area (Å²) in [5.41, 5.74) is 5.55. The number of aromatic nitrogens is 3. The van der Waals surface area contributed by atoms with Gasteiger partial charge in [-0.3, -0.25) is 0 Å². The van der Waals surface area contributed by atoms with Gasteiger partial charge in [-0.15, -0.1) is 0 Å². The summed E-state index contributed by atoms with van der Waals surface area (Å²) in [6.07, 6.45) is 3.55. The van der Waals surface area contributed by atoms with Crippen LogP contribution in [0, 0.1) is 5.82 Å². The summed E-state index contributed by atoms with van der Waals surface area (Å²) in [4.78, 5) is 16.3. The summed E-state index contributed by atoms with van der Waals surface area (Å²) in [5.74, 6) is 0.599. The van der Waals surface area contributed by atoms with Gasteiger partial charge in [-0.25, -0.2) is 19.3 Å². The summed E-state index contributed by atoms with van der Waals surface area (Å²) in [6.45, 7) is 2.65. The summed E-state index contributed by atoms with van der Waals surface area (Å²) in [5, 5.41) is 3.44. The van der Waals surface area contributed by atoms with Gasteiger partial charge in [0.1, 0.15) is 17.7 Å². The highest BCUT2D eigenvalue weighted by Gasteiger charge is 2.44. The molecule has 2 aromatic carbocycles. The first-order chi connectivity index (χ1) is 15.2. The van der Waals surface area contributed by atoms with Crippen LogP contribution in [0.5, 0.6) is 0 Å². The minimum absolute atomic E-state index is 0.0724. The minimum Gasteiger partial charge on any atom is -0.323 e. The fraction of sp³-hybridized carbons (Fsp3) is 0.240. The number of benzene rings is 2. The molecule has 0 atom stereocenters. The van der Waals surface area contributed by atoms with E-state index in [9.17, 15) is 4.39 Å². The van der Waals surface area contributed by atoms with Gasteiger partial charge in [-0.05, 0) is 61.8 Å². The second kappa shape index (κ2) is 7.10. The topological polar surface area (TPSA) is 53.9 Å².